The summed E-state index contributed by atoms with van der Waals surface area (Å²) in [5.41, 5.74) is 5.72. The van der Waals surface area contributed by atoms with Gasteiger partial charge in [0.2, 0.25) is 0 Å². The Morgan fingerprint density at radius 1 is 1.58 bits per heavy atom. The van der Waals surface area contributed by atoms with E-state index in [-0.39, 0.29) is 6.04 Å². The molecule has 2 N–H and O–H groups in total. The maximum Gasteiger partial charge on any atom is 0.159 e. The Labute approximate surface area is 70.5 Å². The molecule has 1 unspecified atom stereocenters. The van der Waals surface area contributed by atoms with Crippen molar-refractivity contribution in [2.24, 2.45) is 5.73 Å². The third-order valence-corrected chi connectivity index (χ3v) is 1.95. The van der Waals surface area contributed by atoms with Crippen molar-refractivity contribution in [2.45, 2.75) is 26.1 Å². The van der Waals surface area contributed by atoms with E-state index in [4.69, 9.17) is 10.5 Å². The van der Waals surface area contributed by atoms with E-state index in [9.17, 15) is 0 Å². The van der Waals surface area contributed by atoms with Crippen molar-refractivity contribution in [3.63, 3.8) is 0 Å². The Bertz CT molecular complexity index is 281. The van der Waals surface area contributed by atoms with Crippen molar-refractivity contribution >= 4 is 0 Å². The fraction of sp³-hybridized carbons (Fsp3) is 0.714. The number of rotatable bonds is 1. The van der Waals surface area contributed by atoms with Crippen LogP contribution in [0.1, 0.15) is 24.6 Å². The van der Waals surface area contributed by atoms with Gasteiger partial charge in [0.15, 0.2) is 5.82 Å². The summed E-state index contributed by atoms with van der Waals surface area (Å²) in [6.45, 7) is 4.01. The largest absolute Gasteiger partial charge is 0.372 e. The summed E-state index contributed by atoms with van der Waals surface area (Å²) in [4.78, 5) is 0. The highest BCUT2D eigenvalue weighted by molar-refractivity contribution is 5.00. The lowest BCUT2D eigenvalue weighted by Gasteiger charge is -2.16. The molecule has 2 rings (SSSR count). The van der Waals surface area contributed by atoms with Gasteiger partial charge in [-0.1, -0.05) is 0 Å². The molecule has 0 amide bonds. The van der Waals surface area contributed by atoms with E-state index in [0.29, 0.717) is 6.61 Å². The zero-order chi connectivity index (χ0) is 8.55. The lowest BCUT2D eigenvalue weighted by molar-refractivity contribution is 0.0803. The van der Waals surface area contributed by atoms with Gasteiger partial charge in [-0.25, -0.2) is 0 Å². The van der Waals surface area contributed by atoms with Gasteiger partial charge in [-0.2, -0.15) is 0 Å². The first kappa shape index (κ1) is 7.70. The minimum atomic E-state index is -0.0515. The summed E-state index contributed by atoms with van der Waals surface area (Å²) in [7, 11) is 0. The fourth-order valence-electron chi connectivity index (χ4n) is 1.36. The molecule has 1 aromatic heterocycles. The van der Waals surface area contributed by atoms with E-state index in [0.717, 1.165) is 24.8 Å². The van der Waals surface area contributed by atoms with Gasteiger partial charge in [-0.05, 0) is 6.92 Å². The zero-order valence-electron chi connectivity index (χ0n) is 7.03. The lowest BCUT2D eigenvalue weighted by atomic mass is 10.3. The molecule has 1 aliphatic heterocycles. The van der Waals surface area contributed by atoms with Gasteiger partial charge in [0.25, 0.3) is 0 Å². The van der Waals surface area contributed by atoms with E-state index in [1.807, 2.05) is 11.5 Å². The maximum absolute atomic E-state index is 5.72. The van der Waals surface area contributed by atoms with Crippen LogP contribution in [0.4, 0.5) is 0 Å². The molecule has 0 spiro atoms. The molecule has 0 saturated carbocycles. The number of fused-ring (bicyclic) bond motifs is 1. The molecule has 0 bridgehead atoms. The molecular weight excluding hydrogens is 156 g/mol. The predicted octanol–water partition coefficient (Wildman–Crippen LogP) is -0.172. The second-order valence-electron chi connectivity index (χ2n) is 2.97. The van der Waals surface area contributed by atoms with Crippen molar-refractivity contribution in [3.8, 4) is 0 Å². The normalized spacial score (nSPS) is 18.8. The highest BCUT2D eigenvalue weighted by atomic mass is 16.5. The van der Waals surface area contributed by atoms with Crippen LogP contribution in [-0.2, 0) is 17.9 Å². The monoisotopic (exact) mass is 168 g/mol. The fourth-order valence-corrected chi connectivity index (χ4v) is 1.36. The minimum absolute atomic E-state index is 0.0515. The number of nitrogens with two attached hydrogens (primary N) is 1. The molecular formula is C7H12N4O. The number of hydrogen-bond donors (Lipinski definition) is 1. The van der Waals surface area contributed by atoms with Crippen LogP contribution in [0, 0.1) is 0 Å². The highest BCUT2D eigenvalue weighted by Gasteiger charge is 2.17. The van der Waals surface area contributed by atoms with Crippen LogP contribution < -0.4 is 5.73 Å². The number of ether oxygens (including phenoxy) is 1. The van der Waals surface area contributed by atoms with Crippen molar-refractivity contribution in [1.82, 2.24) is 14.8 Å². The standard InChI is InChI=1S/C7H12N4O/c1-5(8)7-10-9-6-4-12-3-2-11(6)7/h5H,2-4,8H2,1H3. The summed E-state index contributed by atoms with van der Waals surface area (Å²) in [5.74, 6) is 1.74. The smallest absolute Gasteiger partial charge is 0.159 e. The molecule has 5 heteroatoms. The van der Waals surface area contributed by atoms with E-state index < -0.39 is 0 Å². The van der Waals surface area contributed by atoms with Crippen LogP contribution in [0.2, 0.25) is 0 Å². The Hall–Kier alpha value is -0.940. The number of hydrogen-bond acceptors (Lipinski definition) is 4. The Kier molecular flexibility index (Phi) is 1.82. The summed E-state index contributed by atoms with van der Waals surface area (Å²) in [5, 5.41) is 7.99. The Balaban J connectivity index is 2.38. The zero-order valence-corrected chi connectivity index (χ0v) is 7.03. The Morgan fingerprint density at radius 2 is 2.42 bits per heavy atom. The third kappa shape index (κ3) is 1.11. The first-order valence-electron chi connectivity index (χ1n) is 4.04. The molecule has 12 heavy (non-hydrogen) atoms. The highest BCUT2D eigenvalue weighted by Crippen LogP contribution is 2.13. The van der Waals surface area contributed by atoms with Crippen LogP contribution in [0.5, 0.6) is 0 Å². The quantitative estimate of drug-likeness (QED) is 0.632. The second kappa shape index (κ2) is 2.84. The number of aromatic nitrogens is 3. The van der Waals surface area contributed by atoms with E-state index >= 15 is 0 Å². The molecule has 2 heterocycles. The third-order valence-electron chi connectivity index (χ3n) is 1.95. The van der Waals surface area contributed by atoms with Gasteiger partial charge in [-0.15, -0.1) is 10.2 Å². The topological polar surface area (TPSA) is 66.0 Å². The Morgan fingerprint density at radius 3 is 3.17 bits per heavy atom. The molecule has 0 fully saturated rings. The predicted molar refractivity (Wildman–Crippen MR) is 42.3 cm³/mol. The summed E-state index contributed by atoms with van der Waals surface area (Å²) < 4.78 is 7.26. The van der Waals surface area contributed by atoms with Crippen LogP contribution >= 0.6 is 0 Å². The van der Waals surface area contributed by atoms with Gasteiger partial charge in [0.1, 0.15) is 12.4 Å². The van der Waals surface area contributed by atoms with Crippen LogP contribution in [0.3, 0.4) is 0 Å². The summed E-state index contributed by atoms with van der Waals surface area (Å²) in [6.07, 6.45) is 0. The van der Waals surface area contributed by atoms with Gasteiger partial charge in [-0.3, -0.25) is 0 Å². The van der Waals surface area contributed by atoms with Crippen LogP contribution in [0.25, 0.3) is 0 Å². The summed E-state index contributed by atoms with van der Waals surface area (Å²) in [6, 6.07) is -0.0515. The maximum atomic E-state index is 5.72. The summed E-state index contributed by atoms with van der Waals surface area (Å²) >= 11 is 0. The second-order valence-corrected chi connectivity index (χ2v) is 2.97. The molecule has 5 nitrogen and oxygen atoms in total. The van der Waals surface area contributed by atoms with Crippen LogP contribution in [0.15, 0.2) is 0 Å². The SMILES string of the molecule is CC(N)c1nnc2n1CCOC2. The van der Waals surface area contributed by atoms with Crippen molar-refractivity contribution in [1.29, 1.82) is 0 Å². The van der Waals surface area contributed by atoms with Gasteiger partial charge in [0.05, 0.1) is 12.6 Å². The average molecular weight is 168 g/mol. The lowest BCUT2D eigenvalue weighted by Crippen LogP contribution is -2.21. The van der Waals surface area contributed by atoms with Crippen molar-refractivity contribution in [3.05, 3.63) is 11.6 Å². The van der Waals surface area contributed by atoms with Crippen LogP contribution in [-0.4, -0.2) is 21.4 Å². The van der Waals surface area contributed by atoms with Gasteiger partial charge < -0.3 is 15.0 Å². The molecule has 0 aromatic carbocycles. The van der Waals surface area contributed by atoms with E-state index in [1.165, 1.54) is 0 Å². The molecule has 1 aliphatic rings. The van der Waals surface area contributed by atoms with Gasteiger partial charge >= 0.3 is 0 Å². The molecule has 0 radical (unpaired) electrons. The van der Waals surface area contributed by atoms with E-state index in [1.54, 1.807) is 0 Å². The molecule has 1 aromatic rings. The average Bonchev–Trinajstić information content (AvgIpc) is 2.47. The molecule has 1 atom stereocenters. The molecule has 0 aliphatic carbocycles. The first-order chi connectivity index (χ1) is 5.79. The van der Waals surface area contributed by atoms with Crippen molar-refractivity contribution in [2.75, 3.05) is 6.61 Å². The van der Waals surface area contributed by atoms with E-state index in [2.05, 4.69) is 10.2 Å². The minimum Gasteiger partial charge on any atom is -0.372 e. The van der Waals surface area contributed by atoms with Crippen molar-refractivity contribution < 1.29 is 4.74 Å². The van der Waals surface area contributed by atoms with Gasteiger partial charge in [0, 0.05) is 6.54 Å². The number of nitrogens with zero attached hydrogens (tertiary/aromatic N) is 3. The molecule has 66 valence electrons. The first-order valence-corrected chi connectivity index (χ1v) is 4.04. The molecule has 0 saturated heterocycles.